The van der Waals surface area contributed by atoms with Crippen LogP contribution in [0.15, 0.2) is 12.5 Å². The van der Waals surface area contributed by atoms with E-state index in [-0.39, 0.29) is 0 Å². The molecule has 0 aliphatic heterocycles. The molecule has 0 saturated heterocycles. The number of aromatic nitrogens is 2. The summed E-state index contributed by atoms with van der Waals surface area (Å²) in [5.74, 6) is 0. The Bertz CT molecular complexity index is 397. The second-order valence-electron chi connectivity index (χ2n) is 6.06. The second-order valence-corrected chi connectivity index (χ2v) is 6.06. The van der Waals surface area contributed by atoms with Crippen LogP contribution < -0.4 is 5.73 Å². The number of imidazole rings is 1. The average molecular weight is 278 g/mol. The highest BCUT2D eigenvalue weighted by molar-refractivity contribution is 5.10. The summed E-state index contributed by atoms with van der Waals surface area (Å²) >= 11 is 0. The number of rotatable bonds is 9. The number of nitrogens with zero attached hydrogens (tertiary/aromatic N) is 3. The normalized spacial score (nSPS) is 18.4. The van der Waals surface area contributed by atoms with E-state index < -0.39 is 0 Å². The Labute approximate surface area is 123 Å². The predicted molar refractivity (Wildman–Crippen MR) is 83.7 cm³/mol. The van der Waals surface area contributed by atoms with Gasteiger partial charge in [0.25, 0.3) is 0 Å². The van der Waals surface area contributed by atoms with Crippen LogP contribution in [0.4, 0.5) is 0 Å². The van der Waals surface area contributed by atoms with Crippen molar-refractivity contribution < 1.29 is 0 Å². The highest BCUT2D eigenvalue weighted by Gasteiger charge is 2.30. The first kappa shape index (κ1) is 15.5. The Morgan fingerprint density at radius 1 is 1.45 bits per heavy atom. The van der Waals surface area contributed by atoms with Crippen LogP contribution in [0.25, 0.3) is 0 Å². The van der Waals surface area contributed by atoms with E-state index in [1.165, 1.54) is 31.4 Å². The SMILES string of the molecule is CCCCN(C(C)CC)C(CN)c1cncn1C1CC1. The van der Waals surface area contributed by atoms with Crippen LogP contribution in [0.2, 0.25) is 0 Å². The molecule has 0 radical (unpaired) electrons. The van der Waals surface area contributed by atoms with Gasteiger partial charge >= 0.3 is 0 Å². The molecule has 4 nitrogen and oxygen atoms in total. The molecule has 1 aliphatic carbocycles. The highest BCUT2D eigenvalue weighted by atomic mass is 15.2. The third-order valence-electron chi connectivity index (χ3n) is 4.53. The van der Waals surface area contributed by atoms with Crippen LogP contribution in [-0.2, 0) is 0 Å². The van der Waals surface area contributed by atoms with E-state index in [0.717, 1.165) is 13.0 Å². The molecule has 1 aromatic heterocycles. The smallest absolute Gasteiger partial charge is 0.0951 e. The summed E-state index contributed by atoms with van der Waals surface area (Å²) in [6.45, 7) is 8.63. The van der Waals surface area contributed by atoms with Crippen molar-refractivity contribution in [2.24, 2.45) is 5.73 Å². The fourth-order valence-electron chi connectivity index (χ4n) is 2.92. The standard InChI is InChI=1S/C16H30N4/c1-4-6-9-19(13(3)5-2)15(10-17)16-11-18-12-20(16)14-7-8-14/h11-15H,4-10,17H2,1-3H3. The summed E-state index contributed by atoms with van der Waals surface area (Å²) in [6.07, 6.45) is 10.2. The predicted octanol–water partition coefficient (Wildman–Crippen LogP) is 3.12. The first-order chi connectivity index (χ1) is 9.72. The fourth-order valence-corrected chi connectivity index (χ4v) is 2.92. The zero-order valence-electron chi connectivity index (χ0n) is 13.3. The van der Waals surface area contributed by atoms with Crippen molar-refractivity contribution >= 4 is 0 Å². The van der Waals surface area contributed by atoms with Crippen LogP contribution in [0.1, 0.15) is 70.7 Å². The van der Waals surface area contributed by atoms with Crippen LogP contribution >= 0.6 is 0 Å². The Balaban J connectivity index is 2.19. The van der Waals surface area contributed by atoms with Gasteiger partial charge in [-0.05, 0) is 39.2 Å². The van der Waals surface area contributed by atoms with Gasteiger partial charge < -0.3 is 10.3 Å². The molecule has 1 aromatic rings. The van der Waals surface area contributed by atoms with Crippen LogP contribution in [-0.4, -0.2) is 33.6 Å². The first-order valence-electron chi connectivity index (χ1n) is 8.20. The summed E-state index contributed by atoms with van der Waals surface area (Å²) in [7, 11) is 0. The van der Waals surface area contributed by atoms with Crippen molar-refractivity contribution in [2.45, 2.75) is 71.0 Å². The van der Waals surface area contributed by atoms with Crippen LogP contribution in [0, 0.1) is 0 Å². The van der Waals surface area contributed by atoms with Gasteiger partial charge in [-0.2, -0.15) is 0 Å². The number of hydrogen-bond acceptors (Lipinski definition) is 3. The summed E-state index contributed by atoms with van der Waals surface area (Å²) in [6, 6.07) is 1.55. The maximum atomic E-state index is 6.14. The molecule has 2 rings (SSSR count). The molecule has 2 atom stereocenters. The first-order valence-corrected chi connectivity index (χ1v) is 8.20. The monoisotopic (exact) mass is 278 g/mol. The van der Waals surface area contributed by atoms with Crippen molar-refractivity contribution in [1.82, 2.24) is 14.5 Å². The Morgan fingerprint density at radius 3 is 2.75 bits per heavy atom. The van der Waals surface area contributed by atoms with Crippen molar-refractivity contribution in [1.29, 1.82) is 0 Å². The Kier molecular flexibility index (Phi) is 5.61. The molecule has 1 heterocycles. The van der Waals surface area contributed by atoms with Crippen LogP contribution in [0.5, 0.6) is 0 Å². The maximum Gasteiger partial charge on any atom is 0.0951 e. The lowest BCUT2D eigenvalue weighted by atomic mass is 10.1. The van der Waals surface area contributed by atoms with E-state index >= 15 is 0 Å². The molecule has 0 spiro atoms. The third-order valence-corrected chi connectivity index (χ3v) is 4.53. The fraction of sp³-hybridized carbons (Fsp3) is 0.812. The maximum absolute atomic E-state index is 6.14. The highest BCUT2D eigenvalue weighted by Crippen LogP contribution is 2.38. The van der Waals surface area contributed by atoms with E-state index in [1.807, 2.05) is 12.5 Å². The van der Waals surface area contributed by atoms with E-state index in [2.05, 4.69) is 35.2 Å². The minimum Gasteiger partial charge on any atom is -0.330 e. The quantitative estimate of drug-likeness (QED) is 0.755. The molecule has 20 heavy (non-hydrogen) atoms. The minimum absolute atomic E-state index is 0.305. The topological polar surface area (TPSA) is 47.1 Å². The summed E-state index contributed by atoms with van der Waals surface area (Å²) in [5, 5.41) is 0. The van der Waals surface area contributed by atoms with Crippen LogP contribution in [0.3, 0.4) is 0 Å². The summed E-state index contributed by atoms with van der Waals surface area (Å²) < 4.78 is 2.36. The van der Waals surface area contributed by atoms with Gasteiger partial charge in [0, 0.05) is 24.8 Å². The minimum atomic E-state index is 0.305. The lowest BCUT2D eigenvalue weighted by molar-refractivity contribution is 0.135. The van der Waals surface area contributed by atoms with E-state index in [4.69, 9.17) is 5.73 Å². The molecule has 4 heteroatoms. The van der Waals surface area contributed by atoms with Crippen molar-refractivity contribution in [3.05, 3.63) is 18.2 Å². The van der Waals surface area contributed by atoms with Gasteiger partial charge in [0.1, 0.15) is 0 Å². The number of nitrogens with two attached hydrogens (primary N) is 1. The lowest BCUT2D eigenvalue weighted by Gasteiger charge is -2.36. The molecular weight excluding hydrogens is 248 g/mol. The third kappa shape index (κ3) is 3.41. The molecule has 2 N–H and O–H groups in total. The number of hydrogen-bond donors (Lipinski definition) is 1. The molecule has 114 valence electrons. The van der Waals surface area contributed by atoms with Crippen molar-refractivity contribution in [2.75, 3.05) is 13.1 Å². The van der Waals surface area contributed by atoms with Gasteiger partial charge in [0.05, 0.1) is 18.1 Å². The summed E-state index contributed by atoms with van der Waals surface area (Å²) in [4.78, 5) is 6.96. The van der Waals surface area contributed by atoms with Gasteiger partial charge in [0.2, 0.25) is 0 Å². The lowest BCUT2D eigenvalue weighted by Crippen LogP contribution is -2.41. The van der Waals surface area contributed by atoms with Gasteiger partial charge in [-0.25, -0.2) is 4.98 Å². The van der Waals surface area contributed by atoms with Gasteiger partial charge in [-0.1, -0.05) is 20.3 Å². The van der Waals surface area contributed by atoms with Crippen molar-refractivity contribution in [3.63, 3.8) is 0 Å². The van der Waals surface area contributed by atoms with E-state index in [9.17, 15) is 0 Å². The molecule has 1 fully saturated rings. The summed E-state index contributed by atoms with van der Waals surface area (Å²) in [5.41, 5.74) is 7.45. The van der Waals surface area contributed by atoms with Gasteiger partial charge in [0.15, 0.2) is 0 Å². The van der Waals surface area contributed by atoms with E-state index in [1.54, 1.807) is 0 Å². The molecule has 1 saturated carbocycles. The molecule has 2 unspecified atom stereocenters. The molecule has 0 aromatic carbocycles. The number of unbranched alkanes of at least 4 members (excludes halogenated alkanes) is 1. The zero-order valence-corrected chi connectivity index (χ0v) is 13.3. The molecular formula is C16H30N4. The van der Waals surface area contributed by atoms with Gasteiger partial charge in [-0.15, -0.1) is 0 Å². The van der Waals surface area contributed by atoms with Gasteiger partial charge in [-0.3, -0.25) is 4.90 Å². The molecule has 0 bridgehead atoms. The largest absolute Gasteiger partial charge is 0.330 e. The zero-order chi connectivity index (χ0) is 14.5. The van der Waals surface area contributed by atoms with E-state index in [0.29, 0.717) is 24.7 Å². The molecule has 0 amide bonds. The Hall–Kier alpha value is -0.870. The average Bonchev–Trinajstić information content (AvgIpc) is 3.21. The van der Waals surface area contributed by atoms with Crippen molar-refractivity contribution in [3.8, 4) is 0 Å². The Morgan fingerprint density at radius 2 is 2.20 bits per heavy atom. The molecule has 1 aliphatic rings. The second kappa shape index (κ2) is 7.23.